The number of nitrogens with two attached hydrogens (primary N) is 1. The summed E-state index contributed by atoms with van der Waals surface area (Å²) in [6.45, 7) is 3.64. The van der Waals surface area contributed by atoms with E-state index in [2.05, 4.69) is 59.3 Å². The number of rotatable bonds is 12. The lowest BCUT2D eigenvalue weighted by atomic mass is 10.3. The summed E-state index contributed by atoms with van der Waals surface area (Å²) < 4.78 is 6.01. The minimum absolute atomic E-state index is 0.0333. The Morgan fingerprint density at radius 3 is 1.69 bits per heavy atom. The number of hydrogen-bond donors (Lipinski definition) is 7. The molecule has 0 aliphatic rings. The first-order chi connectivity index (χ1) is 22.7. The van der Waals surface area contributed by atoms with Crippen molar-refractivity contribution in [3.63, 3.8) is 0 Å². The number of aromatic nitrogens is 5. The van der Waals surface area contributed by atoms with E-state index in [-0.39, 0.29) is 51.9 Å². The van der Waals surface area contributed by atoms with Crippen LogP contribution >= 0.6 is 15.9 Å². The highest BCUT2D eigenvalue weighted by atomic mass is 79.9. The van der Waals surface area contributed by atoms with E-state index < -0.39 is 29.5 Å². The minimum Gasteiger partial charge on any atom is -0.409 e. The number of carbonyl (C=O) groups excluding carboxylic acids is 5. The molecular formula is C29H33BrN12O6. The van der Waals surface area contributed by atoms with Crippen LogP contribution in [-0.4, -0.2) is 70.6 Å². The zero-order valence-electron chi connectivity index (χ0n) is 26.3. The number of amidine groups is 1. The van der Waals surface area contributed by atoms with E-state index in [4.69, 9.17) is 10.9 Å². The molecular weight excluding hydrogens is 692 g/mol. The second-order valence-corrected chi connectivity index (χ2v) is 11.5. The van der Waals surface area contributed by atoms with Crippen molar-refractivity contribution >= 4 is 74.2 Å². The third kappa shape index (κ3) is 8.18. The van der Waals surface area contributed by atoms with Gasteiger partial charge >= 0.3 is 0 Å². The molecule has 0 unspecified atom stereocenters. The molecule has 4 aromatic heterocycles. The van der Waals surface area contributed by atoms with Crippen molar-refractivity contribution < 1.29 is 29.2 Å². The molecule has 0 bridgehead atoms. The maximum absolute atomic E-state index is 13.1. The lowest BCUT2D eigenvalue weighted by Crippen LogP contribution is -2.29. The van der Waals surface area contributed by atoms with Gasteiger partial charge in [-0.05, 0) is 34.1 Å². The Kier molecular flexibility index (Phi) is 10.5. The molecule has 48 heavy (non-hydrogen) atoms. The number of amides is 5. The van der Waals surface area contributed by atoms with Gasteiger partial charge in [-0.2, -0.15) is 5.10 Å². The number of halogens is 1. The molecule has 8 N–H and O–H groups in total. The largest absolute Gasteiger partial charge is 0.409 e. The van der Waals surface area contributed by atoms with Crippen molar-refractivity contribution in [2.24, 2.45) is 39.1 Å². The van der Waals surface area contributed by atoms with Gasteiger partial charge in [-0.1, -0.05) is 11.7 Å². The first-order valence-corrected chi connectivity index (χ1v) is 14.8. The molecule has 0 radical (unpaired) electrons. The van der Waals surface area contributed by atoms with E-state index in [1.807, 2.05) is 0 Å². The summed E-state index contributed by atoms with van der Waals surface area (Å²) in [5, 5.41) is 29.0. The van der Waals surface area contributed by atoms with Gasteiger partial charge in [0.2, 0.25) is 0 Å². The Bertz CT molecular complexity index is 1960. The first kappa shape index (κ1) is 34.8. The first-order valence-electron chi connectivity index (χ1n) is 14.0. The maximum Gasteiger partial charge on any atom is 0.273 e. The lowest BCUT2D eigenvalue weighted by Gasteiger charge is -2.03. The van der Waals surface area contributed by atoms with Gasteiger partial charge in [-0.3, -0.25) is 28.7 Å². The Hall–Kier alpha value is -6.11. The highest BCUT2D eigenvalue weighted by molar-refractivity contribution is 9.12. The van der Waals surface area contributed by atoms with Crippen LogP contribution in [0.2, 0.25) is 0 Å². The summed E-state index contributed by atoms with van der Waals surface area (Å²) in [4.78, 5) is 63.5. The van der Waals surface area contributed by atoms with Crippen LogP contribution in [-0.2, 0) is 33.0 Å². The molecule has 18 nitrogen and oxygen atoms in total. The van der Waals surface area contributed by atoms with Crippen LogP contribution in [0.4, 0.5) is 22.9 Å². The normalized spacial score (nSPS) is 11.1. The fraction of sp³-hybridized carbons (Fsp3) is 0.207. The molecule has 0 fully saturated rings. The molecule has 0 aromatic carbocycles. The molecule has 4 rings (SSSR count). The number of anilines is 4. The second-order valence-electron chi connectivity index (χ2n) is 10.5. The number of oxime groups is 1. The van der Waals surface area contributed by atoms with E-state index in [9.17, 15) is 24.0 Å². The molecule has 0 spiro atoms. The second kappa shape index (κ2) is 14.5. The van der Waals surface area contributed by atoms with Crippen molar-refractivity contribution in [1.82, 2.24) is 28.8 Å². The molecule has 4 heterocycles. The zero-order chi connectivity index (χ0) is 35.3. The van der Waals surface area contributed by atoms with E-state index in [1.165, 1.54) is 45.1 Å². The third-order valence-electron chi connectivity index (χ3n) is 6.88. The predicted octanol–water partition coefficient (Wildman–Crippen LogP) is 1.91. The maximum atomic E-state index is 13.1. The standard InChI is InChI=1S/C29H33BrN12O6/c1-15(30)25(43)33-16-8-19(39(2)12-16)27(45)34-17-9-20(40(3)13-17)28(46)35-18-10-21(41(4)14-18)29(47)36-24-11-22(42(5)37-24)26(44)32-7-6-23(31)38-48/h8-14,48H,1,6-7H2,2-5H3,(H2,31,38)(H,32,44)(H,33,43)(H,34,45)(H,35,46)(H,36,37,47). The van der Waals surface area contributed by atoms with Crippen LogP contribution in [0, 0.1) is 0 Å². The van der Waals surface area contributed by atoms with Crippen molar-refractivity contribution in [2.45, 2.75) is 6.42 Å². The van der Waals surface area contributed by atoms with Crippen LogP contribution in [0.5, 0.6) is 0 Å². The van der Waals surface area contributed by atoms with Gasteiger partial charge in [0.1, 0.15) is 28.6 Å². The zero-order valence-corrected chi connectivity index (χ0v) is 27.9. The summed E-state index contributed by atoms with van der Waals surface area (Å²) in [6, 6.07) is 5.86. The van der Waals surface area contributed by atoms with E-state index in [1.54, 1.807) is 44.3 Å². The summed E-state index contributed by atoms with van der Waals surface area (Å²) in [7, 11) is 6.44. The Morgan fingerprint density at radius 2 is 1.23 bits per heavy atom. The van der Waals surface area contributed by atoms with Crippen molar-refractivity contribution in [2.75, 3.05) is 27.8 Å². The lowest BCUT2D eigenvalue weighted by molar-refractivity contribution is -0.112. The number of carbonyl (C=O) groups is 5. The van der Waals surface area contributed by atoms with Crippen LogP contribution in [0.25, 0.3) is 0 Å². The van der Waals surface area contributed by atoms with Crippen LogP contribution in [0.3, 0.4) is 0 Å². The highest BCUT2D eigenvalue weighted by Gasteiger charge is 2.20. The van der Waals surface area contributed by atoms with Crippen molar-refractivity contribution in [1.29, 1.82) is 0 Å². The molecule has 0 aliphatic carbocycles. The van der Waals surface area contributed by atoms with Gasteiger partial charge in [-0.25, -0.2) is 0 Å². The van der Waals surface area contributed by atoms with Gasteiger partial charge in [0.05, 0.1) is 21.5 Å². The highest BCUT2D eigenvalue weighted by Crippen LogP contribution is 2.21. The smallest absolute Gasteiger partial charge is 0.273 e. The number of hydrogen-bond acceptors (Lipinski definition) is 8. The quantitative estimate of drug-likeness (QED) is 0.0374. The van der Waals surface area contributed by atoms with Gasteiger partial charge in [-0.15, -0.1) is 0 Å². The molecule has 5 amide bonds. The van der Waals surface area contributed by atoms with Crippen molar-refractivity contribution in [3.8, 4) is 0 Å². The van der Waals surface area contributed by atoms with Crippen molar-refractivity contribution in [3.05, 3.63) is 76.7 Å². The molecule has 252 valence electrons. The topological polar surface area (TPSA) is 237 Å². The number of nitrogens with zero attached hydrogens (tertiary/aromatic N) is 6. The Balaban J connectivity index is 1.38. The summed E-state index contributed by atoms with van der Waals surface area (Å²) in [5.74, 6) is -2.34. The Morgan fingerprint density at radius 1 is 0.771 bits per heavy atom. The van der Waals surface area contributed by atoms with E-state index in [0.717, 1.165) is 0 Å². The minimum atomic E-state index is -0.542. The SMILES string of the molecule is C=C(Br)C(=O)Nc1cc(C(=O)Nc2cc(C(=O)Nc3cc(C(=O)Nc4cc(C(=O)NCCC(N)=NO)n(C)n4)n(C)c3)n(C)c2)n(C)c1. The Labute approximate surface area is 281 Å². The number of aryl methyl sites for hydroxylation is 4. The van der Waals surface area contributed by atoms with E-state index in [0.29, 0.717) is 17.1 Å². The molecule has 0 saturated heterocycles. The summed E-state index contributed by atoms with van der Waals surface area (Å²) in [5.41, 5.74) is 7.34. The fourth-order valence-corrected chi connectivity index (χ4v) is 4.63. The fourth-order valence-electron chi connectivity index (χ4n) is 4.53. The predicted molar refractivity (Wildman–Crippen MR) is 180 cm³/mol. The average molecular weight is 726 g/mol. The third-order valence-corrected chi connectivity index (χ3v) is 7.24. The van der Waals surface area contributed by atoms with Crippen LogP contribution in [0.1, 0.15) is 48.4 Å². The van der Waals surface area contributed by atoms with E-state index >= 15 is 0 Å². The van der Waals surface area contributed by atoms with Crippen LogP contribution in [0.15, 0.2) is 59.1 Å². The monoisotopic (exact) mass is 724 g/mol. The van der Waals surface area contributed by atoms with Gasteiger partial charge in [0.15, 0.2) is 5.82 Å². The molecule has 0 aliphatic heterocycles. The summed E-state index contributed by atoms with van der Waals surface area (Å²) >= 11 is 3.01. The van der Waals surface area contributed by atoms with Crippen LogP contribution < -0.4 is 32.3 Å². The number of nitrogens with one attached hydrogen (secondary N) is 5. The van der Waals surface area contributed by atoms with Gasteiger partial charge in [0.25, 0.3) is 29.5 Å². The average Bonchev–Trinajstić information content (AvgIpc) is 3.78. The molecule has 4 aromatic rings. The molecule has 19 heteroatoms. The van der Waals surface area contributed by atoms with Gasteiger partial charge < -0.3 is 51.2 Å². The summed E-state index contributed by atoms with van der Waals surface area (Å²) in [6.07, 6.45) is 4.83. The molecule has 0 atom stereocenters. The van der Waals surface area contributed by atoms with Gasteiger partial charge in [0, 0.05) is 65.8 Å². The molecule has 0 saturated carbocycles.